The molecule has 3 rings (SSSR count). The first-order valence-electron chi connectivity index (χ1n) is 8.62. The smallest absolute Gasteiger partial charge is 0.194 e. The summed E-state index contributed by atoms with van der Waals surface area (Å²) in [6.45, 7) is 10.8. The van der Waals surface area contributed by atoms with Gasteiger partial charge in [-0.1, -0.05) is 13.8 Å². The van der Waals surface area contributed by atoms with Crippen LogP contribution in [0.1, 0.15) is 46.1 Å². The summed E-state index contributed by atoms with van der Waals surface area (Å²) in [4.78, 5) is 11.6. The van der Waals surface area contributed by atoms with Crippen LogP contribution in [0.3, 0.4) is 0 Å². The number of aliphatic imine (C=N–C) groups is 1. The Balaban J connectivity index is 0.00000192. The molecule has 0 radical (unpaired) electrons. The molecule has 1 saturated heterocycles. The summed E-state index contributed by atoms with van der Waals surface area (Å²) in [5.74, 6) is 1.77. The number of hydrogen-bond acceptors (Lipinski definition) is 2. The lowest BCUT2D eigenvalue weighted by Gasteiger charge is -2.39. The summed E-state index contributed by atoms with van der Waals surface area (Å²) in [7, 11) is 0. The van der Waals surface area contributed by atoms with Crippen LogP contribution in [0.5, 0.6) is 0 Å². The molecule has 1 N–H and O–H groups in total. The van der Waals surface area contributed by atoms with Crippen LogP contribution >= 0.6 is 24.0 Å². The van der Waals surface area contributed by atoms with Crippen molar-refractivity contribution < 1.29 is 0 Å². The maximum atomic E-state index is 4.92. The van der Waals surface area contributed by atoms with E-state index in [4.69, 9.17) is 4.99 Å². The first-order chi connectivity index (χ1) is 10.6. The molecule has 2 fully saturated rings. The van der Waals surface area contributed by atoms with E-state index in [9.17, 15) is 0 Å². The first-order valence-corrected chi connectivity index (χ1v) is 8.62. The average Bonchev–Trinajstić information content (AvgIpc) is 3.03. The van der Waals surface area contributed by atoms with Crippen molar-refractivity contribution in [1.29, 1.82) is 0 Å². The van der Waals surface area contributed by atoms with Crippen LogP contribution in [0.4, 0.5) is 0 Å². The van der Waals surface area contributed by atoms with Gasteiger partial charge < -0.3 is 14.8 Å². The van der Waals surface area contributed by atoms with Crippen molar-refractivity contribution in [3.63, 3.8) is 0 Å². The quantitative estimate of drug-likeness (QED) is 0.453. The number of guanidine groups is 1. The largest absolute Gasteiger partial charge is 0.357 e. The van der Waals surface area contributed by atoms with Gasteiger partial charge in [0.1, 0.15) is 0 Å². The highest BCUT2D eigenvalue weighted by molar-refractivity contribution is 14.0. The van der Waals surface area contributed by atoms with E-state index in [1.54, 1.807) is 0 Å². The zero-order valence-electron chi connectivity index (χ0n) is 14.5. The molecule has 2 heterocycles. The Bertz CT molecular complexity index is 509. The van der Waals surface area contributed by atoms with Crippen LogP contribution in [0.2, 0.25) is 0 Å². The molecule has 0 bridgehead atoms. The zero-order valence-corrected chi connectivity index (χ0v) is 16.9. The maximum absolute atomic E-state index is 4.92. The third-order valence-corrected chi connectivity index (χ3v) is 5.17. The lowest BCUT2D eigenvalue weighted by Crippen LogP contribution is -2.49. The van der Waals surface area contributed by atoms with Crippen molar-refractivity contribution in [3.05, 3.63) is 18.7 Å². The monoisotopic (exact) mass is 431 g/mol. The van der Waals surface area contributed by atoms with E-state index < -0.39 is 0 Å². The minimum absolute atomic E-state index is 0. The fourth-order valence-electron chi connectivity index (χ4n) is 3.16. The molecule has 2 aliphatic rings. The second kappa shape index (κ2) is 7.85. The third kappa shape index (κ3) is 4.61. The Hall–Kier alpha value is -0.790. The Morgan fingerprint density at radius 3 is 2.83 bits per heavy atom. The number of likely N-dealkylation sites (tertiary alicyclic amines) is 1. The lowest BCUT2D eigenvalue weighted by molar-refractivity contribution is 0.189. The van der Waals surface area contributed by atoms with Gasteiger partial charge in [-0.15, -0.1) is 24.0 Å². The van der Waals surface area contributed by atoms with Crippen molar-refractivity contribution in [2.45, 2.75) is 46.1 Å². The van der Waals surface area contributed by atoms with E-state index in [1.807, 2.05) is 12.5 Å². The summed E-state index contributed by atoms with van der Waals surface area (Å²) in [6.07, 6.45) is 9.75. The number of nitrogens with one attached hydrogen (secondary N) is 1. The predicted molar refractivity (Wildman–Crippen MR) is 105 cm³/mol. The Labute approximate surface area is 157 Å². The molecule has 0 amide bonds. The highest BCUT2D eigenvalue weighted by Gasteiger charge is 2.37. The lowest BCUT2D eigenvalue weighted by atomic mass is 9.93. The molecule has 1 aliphatic carbocycles. The molecule has 6 heteroatoms. The van der Waals surface area contributed by atoms with Crippen LogP contribution in [-0.2, 0) is 0 Å². The number of hydrogen-bond donors (Lipinski definition) is 1. The average molecular weight is 431 g/mol. The van der Waals surface area contributed by atoms with Crippen molar-refractivity contribution in [2.24, 2.45) is 16.3 Å². The highest BCUT2D eigenvalue weighted by Crippen LogP contribution is 2.45. The van der Waals surface area contributed by atoms with Gasteiger partial charge in [-0.3, -0.25) is 4.99 Å². The van der Waals surface area contributed by atoms with E-state index in [-0.39, 0.29) is 24.0 Å². The molecule has 1 aromatic heterocycles. The summed E-state index contributed by atoms with van der Waals surface area (Å²) in [5, 5.41) is 3.48. The number of halogens is 1. The molecule has 1 saturated carbocycles. The second-order valence-corrected chi connectivity index (χ2v) is 7.27. The fourth-order valence-corrected chi connectivity index (χ4v) is 3.16. The number of imidazole rings is 1. The Morgan fingerprint density at radius 2 is 2.22 bits per heavy atom. The van der Waals surface area contributed by atoms with Gasteiger partial charge in [0.15, 0.2) is 5.96 Å². The van der Waals surface area contributed by atoms with Crippen LogP contribution in [-0.4, -0.2) is 46.6 Å². The molecule has 0 aromatic carbocycles. The fraction of sp³-hybridized carbons (Fsp3) is 0.765. The van der Waals surface area contributed by atoms with E-state index >= 15 is 0 Å². The SMILES string of the molecule is CCNC(=NCC1(C)CC1)N1CCC(C)C(n2ccnc2)C1.I. The predicted octanol–water partition coefficient (Wildman–Crippen LogP) is 3.15. The van der Waals surface area contributed by atoms with Gasteiger partial charge in [-0.2, -0.15) is 0 Å². The van der Waals surface area contributed by atoms with E-state index in [2.05, 4.69) is 46.7 Å². The molecule has 0 spiro atoms. The molecule has 2 atom stereocenters. The summed E-state index contributed by atoms with van der Waals surface area (Å²) in [6, 6.07) is 0.483. The third-order valence-electron chi connectivity index (χ3n) is 5.17. The van der Waals surface area contributed by atoms with Gasteiger partial charge >= 0.3 is 0 Å². The van der Waals surface area contributed by atoms with Crippen LogP contribution in [0.25, 0.3) is 0 Å². The van der Waals surface area contributed by atoms with Gasteiger partial charge in [0.25, 0.3) is 0 Å². The highest BCUT2D eigenvalue weighted by atomic mass is 127. The van der Waals surface area contributed by atoms with Crippen LogP contribution in [0, 0.1) is 11.3 Å². The standard InChI is InChI=1S/C17H29N5.HI/c1-4-19-16(20-12-17(3)6-7-17)21-9-5-14(2)15(11-21)22-10-8-18-13-22;/h8,10,13-15H,4-7,9,11-12H2,1-3H3,(H,19,20);1H. The van der Waals surface area contributed by atoms with Gasteiger partial charge in [0.2, 0.25) is 0 Å². The molecule has 1 aromatic rings. The minimum atomic E-state index is 0. The molecule has 5 nitrogen and oxygen atoms in total. The maximum Gasteiger partial charge on any atom is 0.194 e. The normalized spacial score (nSPS) is 26.6. The van der Waals surface area contributed by atoms with E-state index in [0.29, 0.717) is 17.4 Å². The summed E-state index contributed by atoms with van der Waals surface area (Å²) < 4.78 is 2.25. The Kier molecular flexibility index (Phi) is 6.33. The first kappa shape index (κ1) is 18.5. The van der Waals surface area contributed by atoms with Gasteiger partial charge in [0, 0.05) is 38.6 Å². The molecule has 1 aliphatic heterocycles. The van der Waals surface area contributed by atoms with Gasteiger partial charge in [-0.05, 0) is 37.5 Å². The summed E-state index contributed by atoms with van der Waals surface area (Å²) >= 11 is 0. The van der Waals surface area contributed by atoms with Crippen molar-refractivity contribution >= 4 is 29.9 Å². The molecular weight excluding hydrogens is 401 g/mol. The number of rotatable bonds is 4. The zero-order chi connectivity index (χ0) is 15.6. The summed E-state index contributed by atoms with van der Waals surface area (Å²) in [5.41, 5.74) is 0.466. The minimum Gasteiger partial charge on any atom is -0.357 e. The van der Waals surface area contributed by atoms with Crippen molar-refractivity contribution in [2.75, 3.05) is 26.2 Å². The Morgan fingerprint density at radius 1 is 1.43 bits per heavy atom. The van der Waals surface area contributed by atoms with E-state index in [0.717, 1.165) is 32.1 Å². The molecular formula is C17H30IN5. The molecule has 2 unspecified atom stereocenters. The number of piperidine rings is 1. The van der Waals surface area contributed by atoms with Gasteiger partial charge in [-0.25, -0.2) is 4.98 Å². The van der Waals surface area contributed by atoms with Crippen LogP contribution < -0.4 is 5.32 Å². The van der Waals surface area contributed by atoms with E-state index in [1.165, 1.54) is 19.3 Å². The molecule has 23 heavy (non-hydrogen) atoms. The van der Waals surface area contributed by atoms with Crippen molar-refractivity contribution in [1.82, 2.24) is 19.8 Å². The second-order valence-electron chi connectivity index (χ2n) is 7.27. The number of nitrogens with zero attached hydrogens (tertiary/aromatic N) is 4. The van der Waals surface area contributed by atoms with Crippen LogP contribution in [0.15, 0.2) is 23.7 Å². The molecule has 130 valence electrons. The number of aromatic nitrogens is 2. The topological polar surface area (TPSA) is 45.5 Å². The van der Waals surface area contributed by atoms with Gasteiger partial charge in [0.05, 0.1) is 12.4 Å². The van der Waals surface area contributed by atoms with Crippen molar-refractivity contribution in [3.8, 4) is 0 Å².